The third-order valence-electron chi connectivity index (χ3n) is 3.93. The average Bonchev–Trinajstić information content (AvgIpc) is 2.32. The standard InChI is InChI=1S/C13H24N2O4S/c1-6-9-12(17)15(10(7-2)11(16)14-9)8-13(3,4)20(5,18)19/h9-10H,6-8H2,1-5H3,(H,14,16). The van der Waals surface area contributed by atoms with Crippen LogP contribution in [0, 0.1) is 0 Å². The van der Waals surface area contributed by atoms with E-state index in [1.54, 1.807) is 13.8 Å². The van der Waals surface area contributed by atoms with E-state index in [4.69, 9.17) is 0 Å². The van der Waals surface area contributed by atoms with Gasteiger partial charge in [-0.25, -0.2) is 8.42 Å². The Morgan fingerprint density at radius 3 is 2.15 bits per heavy atom. The molecule has 0 aromatic carbocycles. The third-order valence-corrected chi connectivity index (χ3v) is 6.06. The van der Waals surface area contributed by atoms with Crippen LogP contribution in [-0.4, -0.2) is 54.8 Å². The van der Waals surface area contributed by atoms with Crippen LogP contribution in [-0.2, 0) is 19.4 Å². The molecular weight excluding hydrogens is 280 g/mol. The zero-order valence-corrected chi connectivity index (χ0v) is 13.6. The van der Waals surface area contributed by atoms with Crippen molar-refractivity contribution in [3.05, 3.63) is 0 Å². The zero-order chi connectivity index (χ0) is 15.7. The molecule has 1 heterocycles. The Balaban J connectivity index is 3.10. The lowest BCUT2D eigenvalue weighted by Gasteiger charge is -2.41. The first-order chi connectivity index (χ1) is 9.05. The highest BCUT2D eigenvalue weighted by molar-refractivity contribution is 7.92. The molecule has 0 aromatic rings. The minimum Gasteiger partial charge on any atom is -0.343 e. The molecule has 1 fully saturated rings. The van der Waals surface area contributed by atoms with E-state index >= 15 is 0 Å². The normalized spacial score (nSPS) is 24.8. The van der Waals surface area contributed by atoms with Gasteiger partial charge in [0.1, 0.15) is 12.1 Å². The van der Waals surface area contributed by atoms with E-state index in [9.17, 15) is 18.0 Å². The summed E-state index contributed by atoms with van der Waals surface area (Å²) in [6.45, 7) is 6.82. The van der Waals surface area contributed by atoms with Crippen molar-refractivity contribution in [2.75, 3.05) is 12.8 Å². The third kappa shape index (κ3) is 3.13. The summed E-state index contributed by atoms with van der Waals surface area (Å²) in [5.41, 5.74) is 0. The summed E-state index contributed by atoms with van der Waals surface area (Å²) < 4.78 is 22.6. The molecule has 1 aliphatic rings. The van der Waals surface area contributed by atoms with Gasteiger partial charge in [0.25, 0.3) is 0 Å². The van der Waals surface area contributed by atoms with Crippen LogP contribution in [0.5, 0.6) is 0 Å². The maximum absolute atomic E-state index is 12.4. The minimum absolute atomic E-state index is 0.0348. The Morgan fingerprint density at radius 2 is 1.75 bits per heavy atom. The SMILES string of the molecule is CCC1NC(=O)C(CC)N(CC(C)(C)S(C)(=O)=O)C1=O. The number of hydrogen-bond donors (Lipinski definition) is 1. The first-order valence-corrected chi connectivity index (χ1v) is 8.74. The van der Waals surface area contributed by atoms with E-state index in [2.05, 4.69) is 5.32 Å². The summed E-state index contributed by atoms with van der Waals surface area (Å²) in [5.74, 6) is -0.404. The number of amides is 2. The molecule has 0 aromatic heterocycles. The van der Waals surface area contributed by atoms with Crippen molar-refractivity contribution < 1.29 is 18.0 Å². The molecule has 2 atom stereocenters. The maximum Gasteiger partial charge on any atom is 0.245 e. The van der Waals surface area contributed by atoms with Gasteiger partial charge < -0.3 is 10.2 Å². The number of nitrogens with one attached hydrogen (secondary N) is 1. The van der Waals surface area contributed by atoms with Gasteiger partial charge in [0.05, 0.1) is 4.75 Å². The summed E-state index contributed by atoms with van der Waals surface area (Å²) in [4.78, 5) is 25.8. The lowest BCUT2D eigenvalue weighted by atomic mass is 10.0. The van der Waals surface area contributed by atoms with Crippen LogP contribution in [0.1, 0.15) is 40.5 Å². The highest BCUT2D eigenvalue weighted by Crippen LogP contribution is 2.22. The predicted octanol–water partition coefficient (Wildman–Crippen LogP) is 0.325. The topological polar surface area (TPSA) is 83.6 Å². The quantitative estimate of drug-likeness (QED) is 0.793. The fraction of sp³-hybridized carbons (Fsp3) is 0.846. The Hall–Kier alpha value is -1.11. The molecule has 20 heavy (non-hydrogen) atoms. The molecule has 2 amide bonds. The van der Waals surface area contributed by atoms with Crippen molar-refractivity contribution in [2.45, 2.75) is 57.4 Å². The van der Waals surface area contributed by atoms with Gasteiger partial charge in [-0.2, -0.15) is 0 Å². The highest BCUT2D eigenvalue weighted by Gasteiger charge is 2.43. The van der Waals surface area contributed by atoms with Gasteiger partial charge in [0.2, 0.25) is 11.8 Å². The second-order valence-corrected chi connectivity index (χ2v) is 8.54. The van der Waals surface area contributed by atoms with Gasteiger partial charge in [-0.3, -0.25) is 9.59 Å². The number of piperazine rings is 1. The molecular formula is C13H24N2O4S. The highest BCUT2D eigenvalue weighted by atomic mass is 32.2. The summed E-state index contributed by atoms with van der Waals surface area (Å²) in [5, 5.41) is 2.69. The second-order valence-electron chi connectivity index (χ2n) is 5.89. The molecule has 0 spiro atoms. The van der Waals surface area contributed by atoms with Crippen LogP contribution < -0.4 is 5.32 Å². The van der Waals surface area contributed by atoms with E-state index in [-0.39, 0.29) is 18.4 Å². The Labute approximate surface area is 120 Å². The first-order valence-electron chi connectivity index (χ1n) is 6.85. The van der Waals surface area contributed by atoms with Crippen LogP contribution in [0.25, 0.3) is 0 Å². The van der Waals surface area contributed by atoms with Crippen LogP contribution in [0.2, 0.25) is 0 Å². The molecule has 6 nitrogen and oxygen atoms in total. The van der Waals surface area contributed by atoms with Gasteiger partial charge >= 0.3 is 0 Å². The molecule has 1 saturated heterocycles. The number of hydrogen-bond acceptors (Lipinski definition) is 4. The predicted molar refractivity (Wildman–Crippen MR) is 76.9 cm³/mol. The van der Waals surface area contributed by atoms with Crippen molar-refractivity contribution in [3.8, 4) is 0 Å². The number of rotatable bonds is 5. The van der Waals surface area contributed by atoms with Crippen LogP contribution in [0.3, 0.4) is 0 Å². The van der Waals surface area contributed by atoms with Crippen molar-refractivity contribution in [1.82, 2.24) is 10.2 Å². The van der Waals surface area contributed by atoms with Crippen molar-refractivity contribution in [2.24, 2.45) is 0 Å². The molecule has 0 aliphatic carbocycles. The molecule has 1 N–H and O–H groups in total. The lowest BCUT2D eigenvalue weighted by Crippen LogP contribution is -2.65. The molecule has 0 bridgehead atoms. The number of nitrogens with zero attached hydrogens (tertiary/aromatic N) is 1. The fourth-order valence-corrected chi connectivity index (χ4v) is 2.60. The van der Waals surface area contributed by atoms with Crippen molar-refractivity contribution in [1.29, 1.82) is 0 Å². The molecule has 1 aliphatic heterocycles. The van der Waals surface area contributed by atoms with Crippen LogP contribution in [0.15, 0.2) is 0 Å². The van der Waals surface area contributed by atoms with E-state index < -0.39 is 26.7 Å². The molecule has 0 saturated carbocycles. The Bertz CT molecular complexity index is 499. The largest absolute Gasteiger partial charge is 0.343 e. The molecule has 2 unspecified atom stereocenters. The van der Waals surface area contributed by atoms with E-state index in [0.29, 0.717) is 12.8 Å². The molecule has 116 valence electrons. The molecule has 1 rings (SSSR count). The molecule has 0 radical (unpaired) electrons. The summed E-state index contributed by atoms with van der Waals surface area (Å²) >= 11 is 0. The number of carbonyl (C=O) groups is 2. The van der Waals surface area contributed by atoms with Crippen LogP contribution in [0.4, 0.5) is 0 Å². The maximum atomic E-state index is 12.4. The minimum atomic E-state index is -3.32. The second kappa shape index (κ2) is 5.71. The smallest absolute Gasteiger partial charge is 0.245 e. The average molecular weight is 304 g/mol. The van der Waals surface area contributed by atoms with Crippen molar-refractivity contribution >= 4 is 21.7 Å². The van der Waals surface area contributed by atoms with Crippen LogP contribution >= 0.6 is 0 Å². The van der Waals surface area contributed by atoms with E-state index in [1.807, 2.05) is 13.8 Å². The summed E-state index contributed by atoms with van der Waals surface area (Å²) in [6, 6.07) is -1.15. The van der Waals surface area contributed by atoms with Gasteiger partial charge in [-0.1, -0.05) is 13.8 Å². The van der Waals surface area contributed by atoms with E-state index in [0.717, 1.165) is 6.26 Å². The van der Waals surface area contributed by atoms with Gasteiger partial charge in [-0.15, -0.1) is 0 Å². The summed E-state index contributed by atoms with van der Waals surface area (Å²) in [6.07, 6.45) is 2.12. The van der Waals surface area contributed by atoms with Gasteiger partial charge in [0, 0.05) is 12.8 Å². The fourth-order valence-electron chi connectivity index (χ4n) is 2.22. The summed E-state index contributed by atoms with van der Waals surface area (Å²) in [7, 11) is -3.32. The first kappa shape index (κ1) is 16.9. The van der Waals surface area contributed by atoms with E-state index in [1.165, 1.54) is 4.90 Å². The molecule has 7 heteroatoms. The van der Waals surface area contributed by atoms with Crippen molar-refractivity contribution in [3.63, 3.8) is 0 Å². The van der Waals surface area contributed by atoms with Gasteiger partial charge in [-0.05, 0) is 26.7 Å². The monoisotopic (exact) mass is 304 g/mol. The number of sulfone groups is 1. The van der Waals surface area contributed by atoms with Gasteiger partial charge in [0.15, 0.2) is 9.84 Å². The number of carbonyl (C=O) groups excluding carboxylic acids is 2. The Morgan fingerprint density at radius 1 is 1.20 bits per heavy atom. The zero-order valence-electron chi connectivity index (χ0n) is 12.8. The Kier molecular flexibility index (Phi) is 4.84. The lowest BCUT2D eigenvalue weighted by molar-refractivity contribution is -0.149.